The van der Waals surface area contributed by atoms with Crippen molar-refractivity contribution in [3.05, 3.63) is 80.2 Å². The monoisotopic (exact) mass is 395 g/mol. The first kappa shape index (κ1) is 19.8. The number of halogens is 1. The van der Waals surface area contributed by atoms with Crippen molar-refractivity contribution in [2.45, 2.75) is 34.2 Å². The number of hydrogen-bond donors (Lipinski definition) is 1. The average Bonchev–Trinajstić information content (AvgIpc) is 2.65. The predicted octanol–water partition coefficient (Wildman–Crippen LogP) is 4.44. The van der Waals surface area contributed by atoms with Crippen molar-refractivity contribution in [1.82, 2.24) is 9.55 Å². The lowest BCUT2D eigenvalue weighted by atomic mass is 10.1. The van der Waals surface area contributed by atoms with Crippen LogP contribution >= 0.6 is 11.6 Å². The molecule has 3 rings (SSSR count). The molecule has 5 nitrogen and oxygen atoms in total. The highest BCUT2D eigenvalue weighted by molar-refractivity contribution is 6.30. The minimum Gasteiger partial charge on any atom is -0.324 e. The molecule has 3 aromatic rings. The van der Waals surface area contributed by atoms with Gasteiger partial charge in [0.25, 0.3) is 5.56 Å². The molecule has 6 heteroatoms. The van der Waals surface area contributed by atoms with Gasteiger partial charge in [0.1, 0.15) is 12.4 Å². The molecule has 0 aliphatic heterocycles. The molecule has 1 N–H and O–H groups in total. The minimum atomic E-state index is -0.284. The third kappa shape index (κ3) is 3.99. The molecule has 0 bridgehead atoms. The first-order chi connectivity index (χ1) is 13.3. The first-order valence-corrected chi connectivity index (χ1v) is 9.35. The van der Waals surface area contributed by atoms with E-state index in [1.165, 1.54) is 4.57 Å². The molecule has 0 radical (unpaired) electrons. The van der Waals surface area contributed by atoms with Crippen LogP contribution in [-0.2, 0) is 11.3 Å². The summed E-state index contributed by atoms with van der Waals surface area (Å²) in [4.78, 5) is 30.2. The van der Waals surface area contributed by atoms with Gasteiger partial charge in [-0.2, -0.15) is 0 Å². The number of amides is 1. The number of aryl methyl sites for hydroxylation is 3. The summed E-state index contributed by atoms with van der Waals surface area (Å²) in [5.74, 6) is 0.139. The molecule has 1 heterocycles. The van der Waals surface area contributed by atoms with Crippen molar-refractivity contribution in [3.63, 3.8) is 0 Å². The molecule has 0 aliphatic rings. The zero-order valence-corrected chi connectivity index (χ0v) is 17.1. The van der Waals surface area contributed by atoms with E-state index in [-0.39, 0.29) is 18.0 Å². The number of rotatable bonds is 4. The van der Waals surface area contributed by atoms with E-state index >= 15 is 0 Å². The van der Waals surface area contributed by atoms with E-state index in [0.29, 0.717) is 27.7 Å². The minimum absolute atomic E-state index is 0.136. The van der Waals surface area contributed by atoms with Gasteiger partial charge in [0.2, 0.25) is 5.91 Å². The summed E-state index contributed by atoms with van der Waals surface area (Å²) >= 11 is 6.11. The number of anilines is 1. The molecule has 0 fully saturated rings. The quantitative estimate of drug-likeness (QED) is 0.710. The van der Waals surface area contributed by atoms with Crippen LogP contribution in [0.3, 0.4) is 0 Å². The largest absolute Gasteiger partial charge is 0.324 e. The van der Waals surface area contributed by atoms with Crippen LogP contribution in [0.1, 0.15) is 22.4 Å². The van der Waals surface area contributed by atoms with E-state index in [0.717, 1.165) is 16.8 Å². The van der Waals surface area contributed by atoms with Gasteiger partial charge >= 0.3 is 0 Å². The Labute approximate surface area is 169 Å². The van der Waals surface area contributed by atoms with Crippen LogP contribution in [0.2, 0.25) is 5.02 Å². The van der Waals surface area contributed by atoms with Crippen LogP contribution < -0.4 is 10.9 Å². The molecule has 1 aromatic heterocycles. The fourth-order valence-corrected chi connectivity index (χ4v) is 3.28. The molecule has 0 aliphatic carbocycles. The average molecular weight is 396 g/mol. The number of para-hydroxylation sites is 1. The fourth-order valence-electron chi connectivity index (χ4n) is 3.09. The van der Waals surface area contributed by atoms with E-state index in [4.69, 9.17) is 11.6 Å². The highest BCUT2D eigenvalue weighted by atomic mass is 35.5. The van der Waals surface area contributed by atoms with E-state index < -0.39 is 0 Å². The topological polar surface area (TPSA) is 64.0 Å². The van der Waals surface area contributed by atoms with Gasteiger partial charge in [-0.25, -0.2) is 4.98 Å². The molecule has 1 amide bonds. The number of aromatic nitrogens is 2. The van der Waals surface area contributed by atoms with Gasteiger partial charge in [0.05, 0.1) is 0 Å². The van der Waals surface area contributed by atoms with Crippen molar-refractivity contribution in [1.29, 1.82) is 0 Å². The van der Waals surface area contributed by atoms with E-state index in [1.54, 1.807) is 32.0 Å². The highest BCUT2D eigenvalue weighted by Gasteiger charge is 2.17. The number of nitrogens with zero attached hydrogens (tertiary/aromatic N) is 2. The van der Waals surface area contributed by atoms with Gasteiger partial charge in [0.15, 0.2) is 0 Å². The molecule has 0 spiro atoms. The summed E-state index contributed by atoms with van der Waals surface area (Å²) in [6.07, 6.45) is 0. The maximum atomic E-state index is 12.9. The number of carbonyl (C=O) groups is 1. The fraction of sp³-hybridized carbons (Fsp3) is 0.227. The summed E-state index contributed by atoms with van der Waals surface area (Å²) < 4.78 is 1.40. The zero-order valence-electron chi connectivity index (χ0n) is 16.3. The Hall–Kier alpha value is -2.92. The third-order valence-electron chi connectivity index (χ3n) is 4.77. The second-order valence-corrected chi connectivity index (χ2v) is 7.30. The van der Waals surface area contributed by atoms with Crippen LogP contribution in [0, 0.1) is 27.7 Å². The Bertz CT molecular complexity index is 1100. The molecule has 0 saturated carbocycles. The standard InChI is InChI=1S/C22H22ClN3O2/c1-13-7-5-8-14(2)20(13)25-19(27)12-26-21(17-9-6-10-18(23)11-17)24-16(4)15(3)22(26)28/h5-11H,12H2,1-4H3,(H,25,27). The normalized spacial score (nSPS) is 10.8. The molecule has 144 valence electrons. The highest BCUT2D eigenvalue weighted by Crippen LogP contribution is 2.22. The molecular weight excluding hydrogens is 374 g/mol. The first-order valence-electron chi connectivity index (χ1n) is 8.98. The number of hydrogen-bond acceptors (Lipinski definition) is 3. The summed E-state index contributed by atoms with van der Waals surface area (Å²) in [7, 11) is 0. The van der Waals surface area contributed by atoms with Crippen molar-refractivity contribution in [2.75, 3.05) is 5.32 Å². The molecule has 28 heavy (non-hydrogen) atoms. The van der Waals surface area contributed by atoms with Gasteiger partial charge in [-0.3, -0.25) is 14.2 Å². The van der Waals surface area contributed by atoms with Gasteiger partial charge < -0.3 is 5.32 Å². The number of benzene rings is 2. The predicted molar refractivity (Wildman–Crippen MR) is 113 cm³/mol. The maximum absolute atomic E-state index is 12.9. The van der Waals surface area contributed by atoms with Crippen molar-refractivity contribution in [3.8, 4) is 11.4 Å². The number of carbonyl (C=O) groups excluding carboxylic acids is 1. The summed E-state index contributed by atoms with van der Waals surface area (Å²) in [6.45, 7) is 7.23. The maximum Gasteiger partial charge on any atom is 0.257 e. The SMILES string of the molecule is Cc1cccc(C)c1NC(=O)Cn1c(-c2cccc(Cl)c2)nc(C)c(C)c1=O. The Kier molecular flexibility index (Phi) is 5.66. The van der Waals surface area contributed by atoms with Crippen molar-refractivity contribution < 1.29 is 4.79 Å². The van der Waals surface area contributed by atoms with E-state index in [9.17, 15) is 9.59 Å². The van der Waals surface area contributed by atoms with Crippen LogP contribution in [0.5, 0.6) is 0 Å². The second-order valence-electron chi connectivity index (χ2n) is 6.86. The Morgan fingerprint density at radius 3 is 2.36 bits per heavy atom. The van der Waals surface area contributed by atoms with Gasteiger partial charge in [-0.15, -0.1) is 0 Å². The smallest absolute Gasteiger partial charge is 0.257 e. The van der Waals surface area contributed by atoms with Crippen LogP contribution in [0.15, 0.2) is 47.3 Å². The molecule has 0 saturated heterocycles. The molecule has 2 aromatic carbocycles. The van der Waals surface area contributed by atoms with Gasteiger partial charge in [-0.05, 0) is 51.0 Å². The lowest BCUT2D eigenvalue weighted by Gasteiger charge is -2.16. The lowest BCUT2D eigenvalue weighted by molar-refractivity contribution is -0.116. The van der Waals surface area contributed by atoms with E-state index in [1.807, 2.05) is 38.1 Å². The van der Waals surface area contributed by atoms with Crippen LogP contribution in [0.4, 0.5) is 5.69 Å². The van der Waals surface area contributed by atoms with Gasteiger partial charge in [0, 0.05) is 27.5 Å². The zero-order chi connectivity index (χ0) is 20.4. The molecule has 0 unspecified atom stereocenters. The Morgan fingerprint density at radius 2 is 1.71 bits per heavy atom. The van der Waals surface area contributed by atoms with E-state index in [2.05, 4.69) is 10.3 Å². The summed E-state index contributed by atoms with van der Waals surface area (Å²) in [6, 6.07) is 12.9. The summed E-state index contributed by atoms with van der Waals surface area (Å²) in [5, 5.41) is 3.46. The van der Waals surface area contributed by atoms with Crippen LogP contribution in [-0.4, -0.2) is 15.5 Å². The summed E-state index contributed by atoms with van der Waals surface area (Å²) in [5.41, 5.74) is 4.30. The Balaban J connectivity index is 2.02. The van der Waals surface area contributed by atoms with Gasteiger partial charge in [-0.1, -0.05) is 41.9 Å². The van der Waals surface area contributed by atoms with Crippen molar-refractivity contribution in [2.24, 2.45) is 0 Å². The Morgan fingerprint density at radius 1 is 1.07 bits per heavy atom. The van der Waals surface area contributed by atoms with Crippen LogP contribution in [0.25, 0.3) is 11.4 Å². The lowest BCUT2D eigenvalue weighted by Crippen LogP contribution is -2.32. The molecule has 0 atom stereocenters. The van der Waals surface area contributed by atoms with Crippen molar-refractivity contribution >= 4 is 23.2 Å². The molecular formula is C22H22ClN3O2. The number of nitrogens with one attached hydrogen (secondary N) is 1. The second kappa shape index (κ2) is 7.98. The third-order valence-corrected chi connectivity index (χ3v) is 5.00.